The van der Waals surface area contributed by atoms with Crippen molar-refractivity contribution in [2.75, 3.05) is 13.2 Å². The quantitative estimate of drug-likeness (QED) is 0.615. The van der Waals surface area contributed by atoms with E-state index < -0.39 is 11.9 Å². The largest absolute Gasteiger partial charge is 0.490 e. The third-order valence-corrected chi connectivity index (χ3v) is 2.52. The Morgan fingerprint density at radius 2 is 2.00 bits per heavy atom. The SMILES string of the molecule is Cc1cc(Cl)ccc1OCCOC(=O)CCC(=O)O. The number of ether oxygens (including phenoxy) is 2. The van der Waals surface area contributed by atoms with Gasteiger partial charge < -0.3 is 14.6 Å². The van der Waals surface area contributed by atoms with Crippen molar-refractivity contribution in [3.8, 4) is 5.75 Å². The second-order valence-corrected chi connectivity index (χ2v) is 4.31. The van der Waals surface area contributed by atoms with E-state index in [-0.39, 0.29) is 26.1 Å². The van der Waals surface area contributed by atoms with Crippen LogP contribution < -0.4 is 4.74 Å². The minimum atomic E-state index is -1.02. The van der Waals surface area contributed by atoms with Gasteiger partial charge in [0.2, 0.25) is 0 Å². The molecule has 0 saturated heterocycles. The van der Waals surface area contributed by atoms with Gasteiger partial charge in [-0.1, -0.05) is 11.6 Å². The lowest BCUT2D eigenvalue weighted by Gasteiger charge is -2.09. The molecule has 0 amide bonds. The fourth-order valence-electron chi connectivity index (χ4n) is 1.36. The maximum Gasteiger partial charge on any atom is 0.306 e. The highest BCUT2D eigenvalue weighted by Crippen LogP contribution is 2.21. The molecule has 104 valence electrons. The van der Waals surface area contributed by atoms with Crippen molar-refractivity contribution in [3.05, 3.63) is 28.8 Å². The summed E-state index contributed by atoms with van der Waals surface area (Å²) in [5.41, 5.74) is 0.893. The highest BCUT2D eigenvalue weighted by Gasteiger charge is 2.06. The van der Waals surface area contributed by atoms with Gasteiger partial charge in [0, 0.05) is 5.02 Å². The maximum absolute atomic E-state index is 11.1. The van der Waals surface area contributed by atoms with Gasteiger partial charge >= 0.3 is 11.9 Å². The zero-order valence-electron chi connectivity index (χ0n) is 10.5. The number of carbonyl (C=O) groups excluding carboxylic acids is 1. The molecule has 0 fully saturated rings. The predicted octanol–water partition coefficient (Wildman–Crippen LogP) is 2.44. The zero-order valence-corrected chi connectivity index (χ0v) is 11.3. The number of aliphatic carboxylic acids is 1. The summed E-state index contributed by atoms with van der Waals surface area (Å²) in [6.45, 7) is 2.15. The summed E-state index contributed by atoms with van der Waals surface area (Å²) in [6.07, 6.45) is -0.356. The normalized spacial score (nSPS) is 10.0. The smallest absolute Gasteiger partial charge is 0.306 e. The molecule has 1 N–H and O–H groups in total. The maximum atomic E-state index is 11.1. The van der Waals surface area contributed by atoms with E-state index in [1.165, 1.54) is 0 Å². The van der Waals surface area contributed by atoms with Crippen LogP contribution in [-0.2, 0) is 14.3 Å². The van der Waals surface area contributed by atoms with Crippen molar-refractivity contribution in [3.63, 3.8) is 0 Å². The van der Waals surface area contributed by atoms with Gasteiger partial charge in [0.05, 0.1) is 12.8 Å². The fourth-order valence-corrected chi connectivity index (χ4v) is 1.59. The number of hydrogen-bond donors (Lipinski definition) is 1. The number of aryl methyl sites for hydroxylation is 1. The van der Waals surface area contributed by atoms with Gasteiger partial charge in [0.1, 0.15) is 19.0 Å². The Hall–Kier alpha value is -1.75. The molecule has 1 aromatic rings. The zero-order chi connectivity index (χ0) is 14.3. The third kappa shape index (κ3) is 6.10. The Morgan fingerprint density at radius 1 is 1.26 bits per heavy atom. The predicted molar refractivity (Wildman–Crippen MR) is 69.5 cm³/mol. The Labute approximate surface area is 116 Å². The second-order valence-electron chi connectivity index (χ2n) is 3.87. The van der Waals surface area contributed by atoms with Crippen LogP contribution in [0.25, 0.3) is 0 Å². The lowest BCUT2D eigenvalue weighted by molar-refractivity contribution is -0.148. The van der Waals surface area contributed by atoms with E-state index in [2.05, 4.69) is 0 Å². The van der Waals surface area contributed by atoms with E-state index in [0.29, 0.717) is 10.8 Å². The number of carboxylic acid groups (broad SMARTS) is 1. The summed E-state index contributed by atoms with van der Waals surface area (Å²) in [5.74, 6) is -0.894. The average Bonchev–Trinajstić information content (AvgIpc) is 2.34. The lowest BCUT2D eigenvalue weighted by Crippen LogP contribution is -2.13. The average molecular weight is 287 g/mol. The van der Waals surface area contributed by atoms with Crippen LogP contribution in [0.1, 0.15) is 18.4 Å². The summed E-state index contributed by atoms with van der Waals surface area (Å²) in [6, 6.07) is 5.22. The van der Waals surface area contributed by atoms with E-state index in [9.17, 15) is 9.59 Å². The van der Waals surface area contributed by atoms with E-state index in [4.69, 9.17) is 26.2 Å². The molecule has 0 aliphatic carbocycles. The van der Waals surface area contributed by atoms with Crippen molar-refractivity contribution in [1.82, 2.24) is 0 Å². The lowest BCUT2D eigenvalue weighted by atomic mass is 10.2. The molecule has 0 heterocycles. The Morgan fingerprint density at radius 3 is 2.63 bits per heavy atom. The summed E-state index contributed by atoms with van der Waals surface area (Å²) in [7, 11) is 0. The van der Waals surface area contributed by atoms with E-state index in [0.717, 1.165) is 5.56 Å². The van der Waals surface area contributed by atoms with Crippen LogP contribution in [0.5, 0.6) is 5.75 Å². The first-order valence-corrected chi connectivity index (χ1v) is 6.13. The fraction of sp³-hybridized carbons (Fsp3) is 0.385. The first kappa shape index (κ1) is 15.3. The van der Waals surface area contributed by atoms with Gasteiger partial charge in [0.25, 0.3) is 0 Å². The summed E-state index contributed by atoms with van der Waals surface area (Å²) >= 11 is 5.81. The van der Waals surface area contributed by atoms with Crippen LogP contribution in [0.15, 0.2) is 18.2 Å². The molecule has 0 radical (unpaired) electrons. The first-order valence-electron chi connectivity index (χ1n) is 5.75. The molecular formula is C13H15ClO5. The number of halogens is 1. The van der Waals surface area contributed by atoms with Crippen LogP contribution in [0, 0.1) is 6.92 Å². The minimum Gasteiger partial charge on any atom is -0.490 e. The molecule has 0 aliphatic rings. The van der Waals surface area contributed by atoms with Crippen LogP contribution in [0.3, 0.4) is 0 Å². The monoisotopic (exact) mass is 286 g/mol. The standard InChI is InChI=1S/C13H15ClO5/c1-9-8-10(14)2-3-11(9)18-6-7-19-13(17)5-4-12(15)16/h2-3,8H,4-7H2,1H3,(H,15,16). The molecule has 0 saturated carbocycles. The Kier molecular flexibility index (Phi) is 6.15. The van der Waals surface area contributed by atoms with Crippen molar-refractivity contribution in [1.29, 1.82) is 0 Å². The van der Waals surface area contributed by atoms with E-state index in [1.807, 2.05) is 6.92 Å². The molecule has 1 aromatic carbocycles. The second kappa shape index (κ2) is 7.63. The van der Waals surface area contributed by atoms with Gasteiger partial charge in [-0.15, -0.1) is 0 Å². The summed E-state index contributed by atoms with van der Waals surface area (Å²) in [4.78, 5) is 21.4. The molecule has 0 bridgehead atoms. The molecule has 0 aliphatic heterocycles. The van der Waals surface area contributed by atoms with Gasteiger partial charge in [-0.25, -0.2) is 0 Å². The van der Waals surface area contributed by atoms with Crippen LogP contribution >= 0.6 is 11.6 Å². The van der Waals surface area contributed by atoms with Gasteiger partial charge in [-0.05, 0) is 30.7 Å². The van der Waals surface area contributed by atoms with Gasteiger partial charge in [-0.2, -0.15) is 0 Å². The number of hydrogen-bond acceptors (Lipinski definition) is 4. The van der Waals surface area contributed by atoms with Crippen LogP contribution in [-0.4, -0.2) is 30.3 Å². The van der Waals surface area contributed by atoms with Crippen molar-refractivity contribution in [2.24, 2.45) is 0 Å². The number of carboxylic acids is 1. The van der Waals surface area contributed by atoms with Gasteiger partial charge in [0.15, 0.2) is 0 Å². The number of carbonyl (C=O) groups is 2. The Bertz CT molecular complexity index is 458. The van der Waals surface area contributed by atoms with E-state index >= 15 is 0 Å². The number of rotatable bonds is 7. The minimum absolute atomic E-state index is 0.0838. The Balaban J connectivity index is 2.23. The molecule has 6 heteroatoms. The van der Waals surface area contributed by atoms with Gasteiger partial charge in [-0.3, -0.25) is 9.59 Å². The highest BCUT2D eigenvalue weighted by atomic mass is 35.5. The first-order chi connectivity index (χ1) is 8.99. The summed E-state index contributed by atoms with van der Waals surface area (Å²) < 4.78 is 10.2. The molecule has 0 aromatic heterocycles. The third-order valence-electron chi connectivity index (χ3n) is 2.28. The molecule has 5 nitrogen and oxygen atoms in total. The van der Waals surface area contributed by atoms with Crippen molar-refractivity contribution in [2.45, 2.75) is 19.8 Å². The number of esters is 1. The van der Waals surface area contributed by atoms with Crippen molar-refractivity contribution >= 4 is 23.5 Å². The molecule has 0 unspecified atom stereocenters. The highest BCUT2D eigenvalue weighted by molar-refractivity contribution is 6.30. The van der Waals surface area contributed by atoms with Crippen molar-refractivity contribution < 1.29 is 24.2 Å². The molecule has 0 atom stereocenters. The number of benzene rings is 1. The molecular weight excluding hydrogens is 272 g/mol. The molecule has 1 rings (SSSR count). The molecule has 19 heavy (non-hydrogen) atoms. The molecule has 0 spiro atoms. The van der Waals surface area contributed by atoms with Crippen LogP contribution in [0.2, 0.25) is 5.02 Å². The summed E-state index contributed by atoms with van der Waals surface area (Å²) in [5, 5.41) is 9.02. The topological polar surface area (TPSA) is 72.8 Å². The van der Waals surface area contributed by atoms with Crippen LogP contribution in [0.4, 0.5) is 0 Å². The van der Waals surface area contributed by atoms with E-state index in [1.54, 1.807) is 18.2 Å².